The highest BCUT2D eigenvalue weighted by Gasteiger charge is 2.17. The van der Waals surface area contributed by atoms with E-state index in [1.165, 1.54) is 12.1 Å². The van der Waals surface area contributed by atoms with Gasteiger partial charge in [-0.05, 0) is 32.9 Å². The molecular weight excluding hydrogens is 262 g/mol. The molecule has 17 heavy (non-hydrogen) atoms. The van der Waals surface area contributed by atoms with Crippen LogP contribution in [0.25, 0.3) is 0 Å². The van der Waals surface area contributed by atoms with Crippen LogP contribution >= 0.6 is 11.3 Å². The predicted molar refractivity (Wildman–Crippen MR) is 67.3 cm³/mol. The zero-order valence-corrected chi connectivity index (χ0v) is 11.7. The van der Waals surface area contributed by atoms with Gasteiger partial charge in [0, 0.05) is 6.26 Å². The number of nitrogens with one attached hydrogen (secondary N) is 1. The van der Waals surface area contributed by atoms with Crippen LogP contribution < -0.4 is 5.32 Å². The van der Waals surface area contributed by atoms with E-state index in [-0.39, 0.29) is 4.21 Å². The number of hydrogen-bond acceptors (Lipinski definition) is 5. The molecule has 0 aliphatic rings. The Morgan fingerprint density at radius 3 is 2.35 bits per heavy atom. The van der Waals surface area contributed by atoms with Crippen molar-refractivity contribution in [3.8, 4) is 0 Å². The van der Waals surface area contributed by atoms with Gasteiger partial charge < -0.3 is 4.74 Å². The second-order valence-electron chi connectivity index (χ2n) is 4.52. The fraction of sp³-hybridized carbons (Fsp3) is 0.500. The quantitative estimate of drug-likeness (QED) is 0.901. The van der Waals surface area contributed by atoms with E-state index in [9.17, 15) is 13.2 Å². The lowest BCUT2D eigenvalue weighted by atomic mass is 10.2. The molecule has 0 aromatic carbocycles. The van der Waals surface area contributed by atoms with E-state index in [0.717, 1.165) is 17.6 Å². The summed E-state index contributed by atoms with van der Waals surface area (Å²) in [5.41, 5.74) is -0.582. The van der Waals surface area contributed by atoms with Crippen molar-refractivity contribution in [1.29, 1.82) is 0 Å². The number of hydrogen-bond donors (Lipinski definition) is 1. The van der Waals surface area contributed by atoms with E-state index in [4.69, 9.17) is 4.74 Å². The zero-order chi connectivity index (χ0) is 13.3. The maximum Gasteiger partial charge on any atom is 0.412 e. The van der Waals surface area contributed by atoms with Crippen LogP contribution in [0.1, 0.15) is 20.8 Å². The topological polar surface area (TPSA) is 72.5 Å². The molecule has 0 radical (unpaired) electrons. The van der Waals surface area contributed by atoms with Gasteiger partial charge >= 0.3 is 6.09 Å². The first-order chi connectivity index (χ1) is 7.58. The molecular formula is C10H15NO4S2. The van der Waals surface area contributed by atoms with Gasteiger partial charge in [0.2, 0.25) is 0 Å². The maximum absolute atomic E-state index is 11.4. The van der Waals surface area contributed by atoms with Gasteiger partial charge in [0.1, 0.15) is 9.81 Å². The van der Waals surface area contributed by atoms with Crippen LogP contribution in [-0.4, -0.2) is 26.4 Å². The number of carbonyl (C=O) groups is 1. The predicted octanol–water partition coefficient (Wildman–Crippen LogP) is 2.50. The van der Waals surface area contributed by atoms with Gasteiger partial charge in [-0.25, -0.2) is 13.2 Å². The number of rotatable bonds is 2. The third kappa shape index (κ3) is 4.74. The fourth-order valence-electron chi connectivity index (χ4n) is 0.991. The molecule has 0 spiro atoms. The molecule has 0 aliphatic carbocycles. The van der Waals surface area contributed by atoms with E-state index in [1.807, 2.05) is 0 Å². The van der Waals surface area contributed by atoms with Gasteiger partial charge in [-0.1, -0.05) is 0 Å². The Morgan fingerprint density at radius 1 is 1.35 bits per heavy atom. The van der Waals surface area contributed by atoms with Crippen molar-refractivity contribution in [1.82, 2.24) is 0 Å². The van der Waals surface area contributed by atoms with Crippen molar-refractivity contribution >= 4 is 32.3 Å². The van der Waals surface area contributed by atoms with Crippen molar-refractivity contribution in [3.05, 3.63) is 12.1 Å². The number of sulfone groups is 1. The average Bonchev–Trinajstić information content (AvgIpc) is 2.47. The van der Waals surface area contributed by atoms with Crippen LogP contribution in [0.4, 0.5) is 9.80 Å². The second-order valence-corrected chi connectivity index (χ2v) is 7.84. The van der Waals surface area contributed by atoms with Crippen LogP contribution in [0, 0.1) is 0 Å². The lowest BCUT2D eigenvalue weighted by Crippen LogP contribution is -2.26. The molecule has 1 rings (SSSR count). The monoisotopic (exact) mass is 277 g/mol. The molecule has 1 N–H and O–H groups in total. The molecule has 1 amide bonds. The summed E-state index contributed by atoms with van der Waals surface area (Å²) in [4.78, 5) is 11.4. The van der Waals surface area contributed by atoms with Gasteiger partial charge in [-0.15, -0.1) is 11.3 Å². The maximum atomic E-state index is 11.4. The molecule has 0 fully saturated rings. The van der Waals surface area contributed by atoms with Crippen molar-refractivity contribution in [2.75, 3.05) is 11.6 Å². The smallest absolute Gasteiger partial charge is 0.412 e. The first-order valence-electron chi connectivity index (χ1n) is 4.88. The Kier molecular flexibility index (Phi) is 3.83. The molecule has 1 heterocycles. The van der Waals surface area contributed by atoms with Crippen LogP contribution in [-0.2, 0) is 14.6 Å². The summed E-state index contributed by atoms with van der Waals surface area (Å²) in [5, 5.41) is 2.93. The van der Waals surface area contributed by atoms with Crippen molar-refractivity contribution in [2.45, 2.75) is 30.6 Å². The number of carbonyl (C=O) groups excluding carboxylic acids is 1. The van der Waals surface area contributed by atoms with Gasteiger partial charge in [0.25, 0.3) is 0 Å². The van der Waals surface area contributed by atoms with Gasteiger partial charge in [0.15, 0.2) is 9.84 Å². The van der Waals surface area contributed by atoms with E-state index in [2.05, 4.69) is 5.32 Å². The van der Waals surface area contributed by atoms with Gasteiger partial charge in [0.05, 0.1) is 5.00 Å². The molecule has 0 saturated carbocycles. The summed E-state index contributed by atoms with van der Waals surface area (Å²) in [6.45, 7) is 5.26. The lowest BCUT2D eigenvalue weighted by molar-refractivity contribution is 0.0636. The summed E-state index contributed by atoms with van der Waals surface area (Å²) in [6, 6.07) is 2.98. The molecule has 0 bridgehead atoms. The molecule has 0 unspecified atom stereocenters. The third-order valence-electron chi connectivity index (χ3n) is 1.57. The molecule has 7 heteroatoms. The van der Waals surface area contributed by atoms with E-state index < -0.39 is 21.5 Å². The van der Waals surface area contributed by atoms with Crippen LogP contribution in [0.5, 0.6) is 0 Å². The Hall–Kier alpha value is -1.08. The van der Waals surface area contributed by atoms with Crippen LogP contribution in [0.3, 0.4) is 0 Å². The Labute approximate surface area is 105 Å². The highest BCUT2D eigenvalue weighted by molar-refractivity contribution is 7.92. The molecule has 0 atom stereocenters. The summed E-state index contributed by atoms with van der Waals surface area (Å²) in [7, 11) is -3.23. The molecule has 0 saturated heterocycles. The molecule has 1 aromatic heterocycles. The Balaban J connectivity index is 2.71. The third-order valence-corrected chi connectivity index (χ3v) is 4.39. The minimum atomic E-state index is -3.23. The molecule has 5 nitrogen and oxygen atoms in total. The number of thiophene rings is 1. The minimum absolute atomic E-state index is 0.212. The summed E-state index contributed by atoms with van der Waals surface area (Å²) in [5.74, 6) is 0. The number of amides is 1. The largest absolute Gasteiger partial charge is 0.444 e. The zero-order valence-electron chi connectivity index (χ0n) is 10.1. The average molecular weight is 277 g/mol. The van der Waals surface area contributed by atoms with E-state index in [1.54, 1.807) is 20.8 Å². The van der Waals surface area contributed by atoms with Gasteiger partial charge in [-0.2, -0.15) is 0 Å². The molecule has 0 aliphatic heterocycles. The highest BCUT2D eigenvalue weighted by Crippen LogP contribution is 2.26. The number of anilines is 1. The Bertz CT molecular complexity index is 511. The molecule has 96 valence electrons. The number of ether oxygens (including phenoxy) is 1. The van der Waals surface area contributed by atoms with Crippen molar-refractivity contribution in [2.24, 2.45) is 0 Å². The summed E-state index contributed by atoms with van der Waals surface area (Å²) >= 11 is 0.994. The summed E-state index contributed by atoms with van der Waals surface area (Å²) < 4.78 is 27.7. The normalized spacial score (nSPS) is 12.2. The van der Waals surface area contributed by atoms with Crippen LogP contribution in [0.2, 0.25) is 0 Å². The first kappa shape index (κ1) is 14.0. The first-order valence-corrected chi connectivity index (χ1v) is 7.58. The van der Waals surface area contributed by atoms with Crippen molar-refractivity contribution < 1.29 is 17.9 Å². The lowest BCUT2D eigenvalue weighted by Gasteiger charge is -2.19. The fourth-order valence-corrected chi connectivity index (χ4v) is 2.80. The second kappa shape index (κ2) is 4.66. The van der Waals surface area contributed by atoms with E-state index >= 15 is 0 Å². The Morgan fingerprint density at radius 2 is 1.94 bits per heavy atom. The molecule has 1 aromatic rings. The minimum Gasteiger partial charge on any atom is -0.444 e. The van der Waals surface area contributed by atoms with Crippen LogP contribution in [0.15, 0.2) is 16.3 Å². The van der Waals surface area contributed by atoms with Crippen molar-refractivity contribution in [3.63, 3.8) is 0 Å². The summed E-state index contributed by atoms with van der Waals surface area (Å²) in [6.07, 6.45) is 0.523. The van der Waals surface area contributed by atoms with E-state index in [0.29, 0.717) is 5.00 Å². The SMILES string of the molecule is CC(C)(C)OC(=O)Nc1ccc(S(C)(=O)=O)s1. The van der Waals surface area contributed by atoms with Gasteiger partial charge in [-0.3, -0.25) is 5.32 Å². The highest BCUT2D eigenvalue weighted by atomic mass is 32.2. The standard InChI is InChI=1S/C10H15NO4S2/c1-10(2,3)15-9(12)11-7-5-6-8(16-7)17(4,13)14/h5-6H,1-4H3,(H,11,12).